The third kappa shape index (κ3) is 6.52. The van der Waals surface area contributed by atoms with Crippen molar-refractivity contribution in [3.8, 4) is 5.75 Å². The quantitative estimate of drug-likeness (QED) is 0.676. The van der Waals surface area contributed by atoms with Gasteiger partial charge in [-0.25, -0.2) is 4.79 Å². The minimum atomic E-state index is -0.931. The Morgan fingerprint density at radius 1 is 1.21 bits per heavy atom. The summed E-state index contributed by atoms with van der Waals surface area (Å²) in [5, 5.41) is 0. The third-order valence-electron chi connectivity index (χ3n) is 5.58. The smallest absolute Gasteiger partial charge is 0.410 e. The number of fused-ring (bicyclic) bond motifs is 1. The number of benzene rings is 1. The van der Waals surface area contributed by atoms with Crippen LogP contribution >= 0.6 is 0 Å². The Bertz CT molecular complexity index is 697. The molecule has 0 aliphatic carbocycles. The fourth-order valence-electron chi connectivity index (χ4n) is 3.89. The molecule has 162 valence electrons. The van der Waals surface area contributed by atoms with E-state index in [-0.39, 0.29) is 6.09 Å². The Balaban J connectivity index is 1.41. The Kier molecular flexibility index (Phi) is 7.35. The normalized spacial score (nSPS) is 19.6. The van der Waals surface area contributed by atoms with E-state index in [4.69, 9.17) is 9.47 Å². The van der Waals surface area contributed by atoms with Crippen molar-refractivity contribution in [2.75, 3.05) is 32.5 Å². The number of ether oxygens (including phenoxy) is 2. The second-order valence-corrected chi connectivity index (χ2v) is 10.4. The maximum Gasteiger partial charge on any atom is 0.410 e. The number of carbonyl (C=O) groups is 1. The lowest BCUT2D eigenvalue weighted by atomic mass is 9.94. The SMILES string of the molecule is C[S+]([O-])N1CCc2ccc(OCCC3CCN(C(=O)OC(C)(C)C)CC3)cc2C1. The predicted molar refractivity (Wildman–Crippen MR) is 115 cm³/mol. The average Bonchev–Trinajstić information content (AvgIpc) is 2.66. The molecule has 1 amide bonds. The molecule has 0 radical (unpaired) electrons. The molecule has 1 aromatic carbocycles. The van der Waals surface area contributed by atoms with Crippen LogP contribution in [0.1, 0.15) is 51.2 Å². The molecule has 2 heterocycles. The van der Waals surface area contributed by atoms with E-state index in [1.165, 1.54) is 11.1 Å². The molecule has 1 aromatic rings. The second-order valence-electron chi connectivity index (χ2n) is 9.02. The molecule has 0 bridgehead atoms. The first kappa shape index (κ1) is 22.2. The maximum absolute atomic E-state index is 12.2. The summed E-state index contributed by atoms with van der Waals surface area (Å²) in [6, 6.07) is 6.28. The topological polar surface area (TPSA) is 65.1 Å². The predicted octanol–water partition coefficient (Wildman–Crippen LogP) is 3.75. The van der Waals surface area contributed by atoms with Gasteiger partial charge in [0.05, 0.1) is 13.2 Å². The van der Waals surface area contributed by atoms with Gasteiger partial charge in [0.1, 0.15) is 17.6 Å². The van der Waals surface area contributed by atoms with Crippen molar-refractivity contribution in [3.63, 3.8) is 0 Å². The zero-order valence-corrected chi connectivity index (χ0v) is 18.9. The van der Waals surface area contributed by atoms with Crippen molar-refractivity contribution < 1.29 is 18.8 Å². The van der Waals surface area contributed by atoms with Gasteiger partial charge in [0.25, 0.3) is 0 Å². The van der Waals surface area contributed by atoms with Crippen molar-refractivity contribution >= 4 is 17.5 Å². The van der Waals surface area contributed by atoms with Crippen LogP contribution in [0.2, 0.25) is 0 Å². The van der Waals surface area contributed by atoms with E-state index in [2.05, 4.69) is 12.1 Å². The molecule has 7 heteroatoms. The average molecular weight is 423 g/mol. The van der Waals surface area contributed by atoms with E-state index >= 15 is 0 Å². The van der Waals surface area contributed by atoms with Crippen LogP contribution in [0.5, 0.6) is 5.75 Å². The summed E-state index contributed by atoms with van der Waals surface area (Å²) in [5.41, 5.74) is 2.10. The standard InChI is InChI=1S/C22H34N2O4S/c1-22(2,3)28-21(25)23-11-7-17(8-12-23)10-14-27-20-6-5-18-9-13-24(29(4)26)16-19(18)15-20/h5-6,15,17H,7-14,16H2,1-4H3. The van der Waals surface area contributed by atoms with Crippen LogP contribution in [0.3, 0.4) is 0 Å². The fourth-order valence-corrected chi connectivity index (χ4v) is 4.56. The molecule has 6 nitrogen and oxygen atoms in total. The van der Waals surface area contributed by atoms with E-state index in [9.17, 15) is 9.35 Å². The van der Waals surface area contributed by atoms with Gasteiger partial charge in [-0.15, -0.1) is 4.31 Å². The number of likely N-dealkylation sites (tertiary alicyclic amines) is 1. The molecule has 2 aliphatic rings. The highest BCUT2D eigenvalue weighted by Gasteiger charge is 2.27. The first-order chi connectivity index (χ1) is 13.7. The fraction of sp³-hybridized carbons (Fsp3) is 0.682. The molecule has 3 rings (SSSR count). The number of hydrogen-bond donors (Lipinski definition) is 0. The van der Waals surface area contributed by atoms with E-state index in [0.717, 1.165) is 57.6 Å². The highest BCUT2D eigenvalue weighted by molar-refractivity contribution is 7.88. The molecule has 1 unspecified atom stereocenters. The zero-order valence-electron chi connectivity index (χ0n) is 18.1. The Morgan fingerprint density at radius 3 is 2.59 bits per heavy atom. The largest absolute Gasteiger partial charge is 0.598 e. The van der Waals surface area contributed by atoms with Gasteiger partial charge in [0, 0.05) is 31.0 Å². The molecule has 1 saturated heterocycles. The highest BCUT2D eigenvalue weighted by atomic mass is 32.2. The van der Waals surface area contributed by atoms with Gasteiger partial charge in [0.15, 0.2) is 0 Å². The second kappa shape index (κ2) is 9.58. The van der Waals surface area contributed by atoms with E-state index in [0.29, 0.717) is 12.5 Å². The lowest BCUT2D eigenvalue weighted by molar-refractivity contribution is 0.0177. The lowest BCUT2D eigenvalue weighted by Crippen LogP contribution is -2.41. The minimum absolute atomic E-state index is 0.205. The summed E-state index contributed by atoms with van der Waals surface area (Å²) in [4.78, 5) is 14.0. The Hall–Kier alpha value is -1.44. The number of carbonyl (C=O) groups excluding carboxylic acids is 1. The Labute approximate surface area is 177 Å². The van der Waals surface area contributed by atoms with Crippen molar-refractivity contribution in [1.29, 1.82) is 0 Å². The first-order valence-corrected chi connectivity index (χ1v) is 12.0. The maximum atomic E-state index is 12.2. The molecule has 0 saturated carbocycles. The van der Waals surface area contributed by atoms with Crippen LogP contribution in [0.25, 0.3) is 0 Å². The van der Waals surface area contributed by atoms with Crippen LogP contribution in [0.15, 0.2) is 18.2 Å². The number of amides is 1. The Morgan fingerprint density at radius 2 is 1.93 bits per heavy atom. The molecule has 0 N–H and O–H groups in total. The molecular weight excluding hydrogens is 388 g/mol. The van der Waals surface area contributed by atoms with Crippen molar-refractivity contribution in [1.82, 2.24) is 9.21 Å². The summed E-state index contributed by atoms with van der Waals surface area (Å²) in [6.07, 6.45) is 5.44. The van der Waals surface area contributed by atoms with Crippen molar-refractivity contribution in [2.24, 2.45) is 5.92 Å². The van der Waals surface area contributed by atoms with E-state index in [1.807, 2.05) is 36.0 Å². The lowest BCUT2D eigenvalue weighted by Gasteiger charge is -2.33. The molecular formula is C22H34N2O4S. The summed E-state index contributed by atoms with van der Waals surface area (Å²) < 4.78 is 25.2. The monoisotopic (exact) mass is 422 g/mol. The van der Waals surface area contributed by atoms with Crippen LogP contribution in [-0.2, 0) is 29.1 Å². The first-order valence-electron chi connectivity index (χ1n) is 10.5. The molecule has 2 aliphatic heterocycles. The summed E-state index contributed by atoms with van der Waals surface area (Å²) >= 11 is -0.931. The summed E-state index contributed by atoms with van der Waals surface area (Å²) in [6.45, 7) is 9.44. The third-order valence-corrected chi connectivity index (χ3v) is 6.62. The molecule has 0 aromatic heterocycles. The minimum Gasteiger partial charge on any atom is -0.598 e. The van der Waals surface area contributed by atoms with Crippen LogP contribution in [0, 0.1) is 5.92 Å². The van der Waals surface area contributed by atoms with Gasteiger partial charge in [-0.3, -0.25) is 0 Å². The zero-order chi connectivity index (χ0) is 21.0. The van der Waals surface area contributed by atoms with E-state index < -0.39 is 17.0 Å². The molecule has 1 atom stereocenters. The highest BCUT2D eigenvalue weighted by Crippen LogP contribution is 2.26. The number of rotatable bonds is 5. The van der Waals surface area contributed by atoms with Gasteiger partial charge in [0.2, 0.25) is 0 Å². The number of piperidine rings is 1. The molecule has 1 fully saturated rings. The summed E-state index contributed by atoms with van der Waals surface area (Å²) in [5.74, 6) is 1.46. The van der Waals surface area contributed by atoms with Gasteiger partial charge >= 0.3 is 6.09 Å². The van der Waals surface area contributed by atoms with Gasteiger partial charge < -0.3 is 18.9 Å². The van der Waals surface area contributed by atoms with E-state index in [1.54, 1.807) is 6.26 Å². The number of nitrogens with zero attached hydrogens (tertiary/aromatic N) is 2. The summed E-state index contributed by atoms with van der Waals surface area (Å²) in [7, 11) is 0. The van der Waals surface area contributed by atoms with Crippen molar-refractivity contribution in [3.05, 3.63) is 29.3 Å². The molecule has 0 spiro atoms. The van der Waals surface area contributed by atoms with Crippen molar-refractivity contribution in [2.45, 2.75) is 58.6 Å². The van der Waals surface area contributed by atoms with Gasteiger partial charge in [-0.1, -0.05) is 6.07 Å². The number of hydrogen-bond acceptors (Lipinski definition) is 5. The van der Waals surface area contributed by atoms with Crippen LogP contribution in [0.4, 0.5) is 4.79 Å². The van der Waals surface area contributed by atoms with Crippen LogP contribution in [-0.4, -0.2) is 57.9 Å². The van der Waals surface area contributed by atoms with Gasteiger partial charge in [-0.2, -0.15) is 0 Å². The van der Waals surface area contributed by atoms with Gasteiger partial charge in [-0.05, 0) is 75.6 Å². The van der Waals surface area contributed by atoms with Crippen LogP contribution < -0.4 is 4.74 Å². The molecule has 29 heavy (non-hydrogen) atoms.